The summed E-state index contributed by atoms with van der Waals surface area (Å²) in [6, 6.07) is 9.99. The zero-order chi connectivity index (χ0) is 22.3. The number of methoxy groups -OCH3 is 2. The van der Waals surface area contributed by atoms with Crippen LogP contribution in [-0.4, -0.2) is 64.1 Å². The fourth-order valence-corrected chi connectivity index (χ4v) is 2.75. The van der Waals surface area contributed by atoms with Crippen molar-refractivity contribution in [2.45, 2.75) is 0 Å². The molecule has 32 heavy (non-hydrogen) atoms. The maximum Gasteiger partial charge on any atom is 0.280 e. The lowest BCUT2D eigenvalue weighted by Gasteiger charge is -2.14. The topological polar surface area (TPSA) is 132 Å². The van der Waals surface area contributed by atoms with Crippen molar-refractivity contribution >= 4 is 42.6 Å². The summed E-state index contributed by atoms with van der Waals surface area (Å²) in [7, 11) is 6.91. The third-order valence-electron chi connectivity index (χ3n) is 4.24. The number of nitrogens with one attached hydrogen (secondary N) is 1. The van der Waals surface area contributed by atoms with Crippen LogP contribution in [0.5, 0.6) is 11.5 Å². The Labute approximate surface area is 200 Å². The number of nitrogens with zero attached hydrogens (tertiary/aromatic N) is 2. The highest BCUT2D eigenvalue weighted by Crippen LogP contribution is 2.34. The first-order valence-corrected chi connectivity index (χ1v) is 9.19. The number of guanidine groups is 1. The van der Waals surface area contributed by atoms with Crippen molar-refractivity contribution in [3.63, 3.8) is 0 Å². The molecule has 0 spiro atoms. The molecule has 11 heteroatoms. The molecule has 0 saturated heterocycles. The molecule has 9 nitrogen and oxygen atoms in total. The van der Waals surface area contributed by atoms with Crippen LogP contribution in [0.25, 0.3) is 11.1 Å². The predicted molar refractivity (Wildman–Crippen MR) is 131 cm³/mol. The standard InChI is InChI=1S/C21H27N5O4.2ClH/c1-26(2)8-7-24-19(27)14-9-13(10-15(11-14)20(28)25-21(22)23)17-12-16(29-3)5-6-18(17)30-4;;/h5-6,9-12H,7-8H2,1-4H3,(H,24,27)(H4,22,23,25,28);2*1H. The first-order valence-electron chi connectivity index (χ1n) is 9.19. The molecule has 0 unspecified atom stereocenters. The van der Waals surface area contributed by atoms with E-state index in [0.29, 0.717) is 41.3 Å². The Morgan fingerprint density at radius 3 is 2.22 bits per heavy atom. The number of likely N-dealkylation sites (N-methyl/N-ethyl adjacent to an activating group) is 1. The second-order valence-electron chi connectivity index (χ2n) is 6.77. The number of halogens is 2. The molecule has 0 aliphatic rings. The average molecular weight is 486 g/mol. The number of hydrogen-bond donors (Lipinski definition) is 3. The Morgan fingerprint density at radius 1 is 1.00 bits per heavy atom. The van der Waals surface area contributed by atoms with E-state index in [1.165, 1.54) is 13.2 Å². The Balaban J connectivity index is 0.00000480. The SMILES string of the molecule is COc1ccc(OC)c(-c2cc(C(=O)N=C(N)N)cc(C(=O)NCCN(C)C)c2)c1.Cl.Cl. The number of aliphatic imine (C=N–C) groups is 1. The predicted octanol–water partition coefficient (Wildman–Crippen LogP) is 1.92. The number of carbonyl (C=O) groups excluding carboxylic acids is 2. The van der Waals surface area contributed by atoms with Gasteiger partial charge in [0.05, 0.1) is 14.2 Å². The Kier molecular flexibility index (Phi) is 12.2. The van der Waals surface area contributed by atoms with Gasteiger partial charge in [0.1, 0.15) is 11.5 Å². The Morgan fingerprint density at radius 2 is 1.66 bits per heavy atom. The minimum atomic E-state index is -0.652. The summed E-state index contributed by atoms with van der Waals surface area (Å²) in [6.45, 7) is 1.13. The molecule has 0 aromatic heterocycles. The molecule has 0 aliphatic heterocycles. The highest BCUT2D eigenvalue weighted by Gasteiger charge is 2.16. The van der Waals surface area contributed by atoms with E-state index in [4.69, 9.17) is 20.9 Å². The van der Waals surface area contributed by atoms with Crippen LogP contribution in [0.4, 0.5) is 0 Å². The van der Waals surface area contributed by atoms with E-state index in [1.807, 2.05) is 19.0 Å². The van der Waals surface area contributed by atoms with Crippen LogP contribution in [0, 0.1) is 0 Å². The highest BCUT2D eigenvalue weighted by molar-refractivity contribution is 6.05. The fraction of sp³-hybridized carbons (Fsp3) is 0.286. The lowest BCUT2D eigenvalue weighted by Crippen LogP contribution is -2.31. The first-order chi connectivity index (χ1) is 14.2. The second-order valence-corrected chi connectivity index (χ2v) is 6.77. The van der Waals surface area contributed by atoms with Gasteiger partial charge in [-0.1, -0.05) is 0 Å². The van der Waals surface area contributed by atoms with Gasteiger partial charge in [0.25, 0.3) is 11.8 Å². The molecule has 0 bridgehead atoms. The van der Waals surface area contributed by atoms with Gasteiger partial charge in [0.15, 0.2) is 5.96 Å². The minimum absolute atomic E-state index is 0. The molecule has 0 heterocycles. The number of hydrogen-bond acceptors (Lipinski definition) is 5. The third kappa shape index (κ3) is 7.92. The van der Waals surface area contributed by atoms with Crippen molar-refractivity contribution < 1.29 is 19.1 Å². The molecular weight excluding hydrogens is 457 g/mol. The van der Waals surface area contributed by atoms with E-state index < -0.39 is 5.91 Å². The zero-order valence-electron chi connectivity index (χ0n) is 18.4. The van der Waals surface area contributed by atoms with E-state index >= 15 is 0 Å². The number of nitrogens with two attached hydrogens (primary N) is 2. The molecule has 2 rings (SSSR count). The van der Waals surface area contributed by atoms with Gasteiger partial charge in [-0.15, -0.1) is 24.8 Å². The van der Waals surface area contributed by atoms with Crippen molar-refractivity contribution in [2.24, 2.45) is 16.5 Å². The summed E-state index contributed by atoms with van der Waals surface area (Å²) in [5.74, 6) is -0.174. The third-order valence-corrected chi connectivity index (χ3v) is 4.24. The fourth-order valence-electron chi connectivity index (χ4n) is 2.75. The number of carbonyl (C=O) groups is 2. The van der Waals surface area contributed by atoms with Gasteiger partial charge >= 0.3 is 0 Å². The normalized spacial score (nSPS) is 9.78. The van der Waals surface area contributed by atoms with Crippen LogP contribution in [0.15, 0.2) is 41.4 Å². The van der Waals surface area contributed by atoms with Gasteiger partial charge in [0.2, 0.25) is 0 Å². The Hall–Kier alpha value is -3.01. The molecule has 0 atom stereocenters. The van der Waals surface area contributed by atoms with Crippen LogP contribution in [0.3, 0.4) is 0 Å². The van der Waals surface area contributed by atoms with Crippen LogP contribution in [0.1, 0.15) is 20.7 Å². The summed E-state index contributed by atoms with van der Waals surface area (Å²) in [4.78, 5) is 30.7. The quantitative estimate of drug-likeness (QED) is 0.384. The van der Waals surface area contributed by atoms with Gasteiger partial charge in [-0.05, 0) is 56.1 Å². The molecular formula is C21H29Cl2N5O4. The van der Waals surface area contributed by atoms with Crippen molar-refractivity contribution in [2.75, 3.05) is 41.4 Å². The van der Waals surface area contributed by atoms with Crippen LogP contribution >= 0.6 is 24.8 Å². The van der Waals surface area contributed by atoms with E-state index in [9.17, 15) is 9.59 Å². The average Bonchev–Trinajstić information content (AvgIpc) is 2.72. The number of rotatable bonds is 8. The van der Waals surface area contributed by atoms with E-state index in [0.717, 1.165) is 0 Å². The smallest absolute Gasteiger partial charge is 0.280 e. The van der Waals surface area contributed by atoms with Gasteiger partial charge in [-0.3, -0.25) is 9.59 Å². The van der Waals surface area contributed by atoms with Crippen LogP contribution in [-0.2, 0) is 0 Å². The van der Waals surface area contributed by atoms with Crippen LogP contribution in [0.2, 0.25) is 0 Å². The molecule has 2 amide bonds. The maximum atomic E-state index is 12.7. The minimum Gasteiger partial charge on any atom is -0.497 e. The van der Waals surface area contributed by atoms with E-state index in [2.05, 4.69) is 10.3 Å². The molecule has 5 N–H and O–H groups in total. The number of amides is 2. The Bertz CT molecular complexity index is 963. The molecule has 176 valence electrons. The van der Waals surface area contributed by atoms with Crippen molar-refractivity contribution in [1.82, 2.24) is 10.2 Å². The molecule has 2 aromatic rings. The van der Waals surface area contributed by atoms with Gasteiger partial charge in [-0.2, -0.15) is 4.99 Å². The monoisotopic (exact) mass is 485 g/mol. The molecule has 0 radical (unpaired) electrons. The maximum absolute atomic E-state index is 12.7. The molecule has 2 aromatic carbocycles. The summed E-state index contributed by atoms with van der Waals surface area (Å²) in [6.07, 6.45) is 0. The van der Waals surface area contributed by atoms with Crippen molar-refractivity contribution in [3.05, 3.63) is 47.5 Å². The van der Waals surface area contributed by atoms with Gasteiger partial charge in [0, 0.05) is 29.8 Å². The van der Waals surface area contributed by atoms with E-state index in [1.54, 1.807) is 37.4 Å². The summed E-state index contributed by atoms with van der Waals surface area (Å²) in [5, 5.41) is 2.83. The largest absolute Gasteiger partial charge is 0.497 e. The van der Waals surface area contributed by atoms with Gasteiger partial charge < -0.3 is 31.2 Å². The van der Waals surface area contributed by atoms with E-state index in [-0.39, 0.29) is 42.2 Å². The molecule has 0 fully saturated rings. The van der Waals surface area contributed by atoms with Crippen molar-refractivity contribution in [1.29, 1.82) is 0 Å². The zero-order valence-corrected chi connectivity index (χ0v) is 20.0. The highest BCUT2D eigenvalue weighted by atomic mass is 35.5. The second kappa shape index (κ2) is 13.4. The summed E-state index contributed by atoms with van der Waals surface area (Å²) < 4.78 is 10.7. The number of ether oxygens (including phenoxy) is 2. The molecule has 0 aliphatic carbocycles. The van der Waals surface area contributed by atoms with Crippen molar-refractivity contribution in [3.8, 4) is 22.6 Å². The summed E-state index contributed by atoms with van der Waals surface area (Å²) >= 11 is 0. The molecule has 0 saturated carbocycles. The van der Waals surface area contributed by atoms with Gasteiger partial charge in [-0.25, -0.2) is 0 Å². The van der Waals surface area contributed by atoms with Crippen LogP contribution < -0.4 is 26.3 Å². The first kappa shape index (κ1) is 29.0. The lowest BCUT2D eigenvalue weighted by molar-refractivity contribution is 0.0951. The number of benzene rings is 2. The lowest BCUT2D eigenvalue weighted by atomic mass is 9.98. The summed E-state index contributed by atoms with van der Waals surface area (Å²) in [5.41, 5.74) is 12.4.